The maximum absolute atomic E-state index is 6.15. The van der Waals surface area contributed by atoms with Crippen LogP contribution in [0.5, 0.6) is 11.5 Å². The van der Waals surface area contributed by atoms with Gasteiger partial charge in [-0.15, -0.1) is 0 Å². The van der Waals surface area contributed by atoms with Crippen LogP contribution in [0.4, 0.5) is 5.69 Å². The third-order valence-electron chi connectivity index (χ3n) is 2.62. The molecule has 0 fully saturated rings. The summed E-state index contributed by atoms with van der Waals surface area (Å²) in [6.45, 7) is 1.59. The highest BCUT2D eigenvalue weighted by atomic mass is 35.5. The number of hydrogen-bond acceptors (Lipinski definition) is 5. The number of nitrogens with one attached hydrogen (secondary N) is 1. The number of hydrogen-bond donors (Lipinski definition) is 1. The summed E-state index contributed by atoms with van der Waals surface area (Å²) in [5.74, 6) is 1.37. The van der Waals surface area contributed by atoms with Crippen LogP contribution in [0, 0.1) is 0 Å². The number of anilines is 1. The van der Waals surface area contributed by atoms with E-state index in [9.17, 15) is 0 Å². The molecule has 0 radical (unpaired) electrons. The Labute approximate surface area is 111 Å². The van der Waals surface area contributed by atoms with Crippen molar-refractivity contribution in [1.82, 2.24) is 0 Å². The molecule has 18 heavy (non-hydrogen) atoms. The van der Waals surface area contributed by atoms with E-state index in [1.165, 1.54) is 0 Å². The number of benzene rings is 1. The minimum atomic E-state index is -0.325. The molecule has 1 aromatic rings. The van der Waals surface area contributed by atoms with E-state index in [0.717, 1.165) is 5.69 Å². The Morgan fingerprint density at radius 1 is 1.22 bits per heavy atom. The average Bonchev–Trinajstić information content (AvgIpc) is 2.40. The van der Waals surface area contributed by atoms with E-state index < -0.39 is 0 Å². The molecule has 100 valence electrons. The molecule has 2 rings (SSSR count). The Kier molecular flexibility index (Phi) is 4.52. The van der Waals surface area contributed by atoms with Crippen molar-refractivity contribution in [2.45, 2.75) is 6.29 Å². The quantitative estimate of drug-likeness (QED) is 0.833. The molecule has 1 heterocycles. The van der Waals surface area contributed by atoms with E-state index in [0.29, 0.717) is 36.3 Å². The molecule has 0 saturated heterocycles. The van der Waals surface area contributed by atoms with E-state index in [2.05, 4.69) is 5.32 Å². The smallest absolute Gasteiger partial charge is 0.173 e. The van der Waals surface area contributed by atoms with E-state index in [4.69, 9.17) is 30.5 Å². The van der Waals surface area contributed by atoms with Crippen molar-refractivity contribution in [2.75, 3.05) is 39.3 Å². The van der Waals surface area contributed by atoms with Gasteiger partial charge in [0.2, 0.25) is 0 Å². The van der Waals surface area contributed by atoms with Crippen LogP contribution in [0.2, 0.25) is 5.02 Å². The highest BCUT2D eigenvalue weighted by molar-refractivity contribution is 6.33. The third kappa shape index (κ3) is 2.98. The Morgan fingerprint density at radius 2 is 1.83 bits per heavy atom. The van der Waals surface area contributed by atoms with E-state index in [1.54, 1.807) is 20.3 Å². The van der Waals surface area contributed by atoms with Gasteiger partial charge in [-0.2, -0.15) is 0 Å². The van der Waals surface area contributed by atoms with Gasteiger partial charge in [-0.1, -0.05) is 11.6 Å². The van der Waals surface area contributed by atoms with Crippen LogP contribution in [0.15, 0.2) is 12.1 Å². The van der Waals surface area contributed by atoms with Gasteiger partial charge in [-0.25, -0.2) is 0 Å². The molecule has 0 saturated carbocycles. The number of ether oxygens (including phenoxy) is 4. The second-order valence-corrected chi connectivity index (χ2v) is 4.16. The Bertz CT molecular complexity index is 409. The van der Waals surface area contributed by atoms with Gasteiger partial charge < -0.3 is 24.3 Å². The second-order valence-electron chi connectivity index (χ2n) is 3.76. The summed E-state index contributed by atoms with van der Waals surface area (Å²) in [4.78, 5) is 0. The van der Waals surface area contributed by atoms with Crippen molar-refractivity contribution in [3.8, 4) is 11.5 Å². The molecule has 6 heteroatoms. The van der Waals surface area contributed by atoms with Gasteiger partial charge in [0, 0.05) is 26.4 Å². The van der Waals surface area contributed by atoms with Gasteiger partial charge in [0.05, 0.1) is 17.3 Å². The van der Waals surface area contributed by atoms with Crippen LogP contribution < -0.4 is 14.8 Å². The van der Waals surface area contributed by atoms with E-state index in [1.807, 2.05) is 6.07 Å². The van der Waals surface area contributed by atoms with Crippen molar-refractivity contribution in [3.05, 3.63) is 17.2 Å². The molecular weight excluding hydrogens is 258 g/mol. The molecule has 1 N–H and O–H groups in total. The number of rotatable bonds is 5. The first-order valence-corrected chi connectivity index (χ1v) is 6.01. The zero-order valence-electron chi connectivity index (χ0n) is 10.4. The minimum Gasteiger partial charge on any atom is -0.486 e. The van der Waals surface area contributed by atoms with Gasteiger partial charge >= 0.3 is 0 Å². The van der Waals surface area contributed by atoms with Crippen LogP contribution >= 0.6 is 11.6 Å². The summed E-state index contributed by atoms with van der Waals surface area (Å²) >= 11 is 6.15. The summed E-state index contributed by atoms with van der Waals surface area (Å²) < 4.78 is 21.1. The van der Waals surface area contributed by atoms with Crippen LogP contribution in [0.25, 0.3) is 0 Å². The average molecular weight is 274 g/mol. The summed E-state index contributed by atoms with van der Waals surface area (Å²) in [5, 5.41) is 3.72. The van der Waals surface area contributed by atoms with Crippen molar-refractivity contribution in [2.24, 2.45) is 0 Å². The lowest BCUT2D eigenvalue weighted by Crippen LogP contribution is -2.24. The molecular formula is C12H16ClNO4. The zero-order valence-corrected chi connectivity index (χ0v) is 11.1. The largest absolute Gasteiger partial charge is 0.486 e. The highest BCUT2D eigenvalue weighted by Crippen LogP contribution is 2.37. The van der Waals surface area contributed by atoms with Crippen molar-refractivity contribution < 1.29 is 18.9 Å². The maximum Gasteiger partial charge on any atom is 0.173 e. The summed E-state index contributed by atoms with van der Waals surface area (Å²) in [6.07, 6.45) is -0.325. The molecule has 5 nitrogen and oxygen atoms in total. The minimum absolute atomic E-state index is 0.325. The van der Waals surface area contributed by atoms with E-state index >= 15 is 0 Å². The van der Waals surface area contributed by atoms with Gasteiger partial charge in [-0.3, -0.25) is 0 Å². The number of fused-ring (bicyclic) bond motifs is 1. The standard InChI is InChI=1S/C12H16ClNO4/c1-15-12(16-2)7-14-9-6-11-10(5-8(9)13)17-3-4-18-11/h5-6,12,14H,3-4,7H2,1-2H3. The topological polar surface area (TPSA) is 49.0 Å². The fourth-order valence-electron chi connectivity index (χ4n) is 1.66. The van der Waals surface area contributed by atoms with Crippen LogP contribution in [0.1, 0.15) is 0 Å². The zero-order chi connectivity index (χ0) is 13.0. The number of halogens is 1. The molecule has 1 aromatic carbocycles. The maximum atomic E-state index is 6.15. The molecule has 0 atom stereocenters. The summed E-state index contributed by atoms with van der Waals surface area (Å²) in [5.41, 5.74) is 0.764. The third-order valence-corrected chi connectivity index (χ3v) is 2.93. The fraction of sp³-hybridized carbons (Fsp3) is 0.500. The molecule has 0 amide bonds. The predicted molar refractivity (Wildman–Crippen MR) is 68.7 cm³/mol. The Balaban J connectivity index is 2.08. The SMILES string of the molecule is COC(CNc1cc2c(cc1Cl)OCCO2)OC. The Morgan fingerprint density at radius 3 is 2.44 bits per heavy atom. The molecule has 1 aliphatic heterocycles. The van der Waals surface area contributed by atoms with Crippen LogP contribution in [-0.4, -0.2) is 40.3 Å². The molecule has 0 bridgehead atoms. The van der Waals surface area contributed by atoms with Gasteiger partial charge in [-0.05, 0) is 0 Å². The van der Waals surface area contributed by atoms with Crippen molar-refractivity contribution >= 4 is 17.3 Å². The second kappa shape index (κ2) is 6.13. The van der Waals surface area contributed by atoms with E-state index in [-0.39, 0.29) is 6.29 Å². The first-order chi connectivity index (χ1) is 8.74. The molecule has 1 aliphatic rings. The normalized spacial score (nSPS) is 13.8. The molecule has 0 spiro atoms. The van der Waals surface area contributed by atoms with Gasteiger partial charge in [0.1, 0.15) is 13.2 Å². The monoisotopic (exact) mass is 273 g/mol. The van der Waals surface area contributed by atoms with Crippen LogP contribution in [0.3, 0.4) is 0 Å². The lowest BCUT2D eigenvalue weighted by molar-refractivity contribution is -0.0914. The van der Waals surface area contributed by atoms with Crippen molar-refractivity contribution in [3.63, 3.8) is 0 Å². The lowest BCUT2D eigenvalue weighted by atomic mass is 10.2. The molecule has 0 aliphatic carbocycles. The fourth-order valence-corrected chi connectivity index (χ4v) is 1.88. The lowest BCUT2D eigenvalue weighted by Gasteiger charge is -2.21. The predicted octanol–water partition coefficient (Wildman–Crippen LogP) is 2.14. The summed E-state index contributed by atoms with van der Waals surface area (Å²) in [7, 11) is 3.17. The first-order valence-electron chi connectivity index (χ1n) is 5.63. The molecule has 0 unspecified atom stereocenters. The van der Waals surface area contributed by atoms with Gasteiger partial charge in [0.15, 0.2) is 17.8 Å². The Hall–Kier alpha value is -1.17. The van der Waals surface area contributed by atoms with Crippen LogP contribution in [-0.2, 0) is 9.47 Å². The highest BCUT2D eigenvalue weighted by Gasteiger charge is 2.15. The summed E-state index contributed by atoms with van der Waals surface area (Å²) in [6, 6.07) is 3.56. The van der Waals surface area contributed by atoms with Gasteiger partial charge in [0.25, 0.3) is 0 Å². The van der Waals surface area contributed by atoms with Crippen molar-refractivity contribution in [1.29, 1.82) is 0 Å². The molecule has 0 aromatic heterocycles. The first kappa shape index (κ1) is 13.3. The number of methoxy groups -OCH3 is 2.